The molecule has 210 valence electrons. The Kier molecular flexibility index (Phi) is 8.28. The number of rotatable bonds is 7. The van der Waals surface area contributed by atoms with Crippen LogP contribution in [0.15, 0.2) is 36.8 Å². The highest BCUT2D eigenvalue weighted by atomic mass is 32.2. The molecule has 0 amide bonds. The number of imidazole rings is 1. The van der Waals surface area contributed by atoms with Gasteiger partial charge in [-0.2, -0.15) is 29.9 Å². The number of benzene rings is 1. The largest absolute Gasteiger partial charge is 0.480 e. The molecule has 0 bridgehead atoms. The van der Waals surface area contributed by atoms with E-state index in [0.29, 0.717) is 34.6 Å². The average Bonchev–Trinajstić information content (AvgIpc) is 3.56. The second kappa shape index (κ2) is 11.7. The van der Waals surface area contributed by atoms with Crippen LogP contribution in [-0.4, -0.2) is 43.3 Å². The smallest absolute Gasteiger partial charge is 0.434 e. The zero-order valence-electron chi connectivity index (χ0n) is 22.2. The lowest BCUT2D eigenvalue weighted by Gasteiger charge is -2.14. The number of aromatic nitrogens is 6. The van der Waals surface area contributed by atoms with Crippen LogP contribution in [0.25, 0.3) is 22.8 Å². The number of ether oxygens (including phenoxy) is 2. The van der Waals surface area contributed by atoms with Crippen LogP contribution in [0.1, 0.15) is 47.0 Å². The summed E-state index contributed by atoms with van der Waals surface area (Å²) in [5.74, 6) is 3.54. The van der Waals surface area contributed by atoms with Gasteiger partial charge in [0.05, 0.1) is 18.5 Å². The third kappa shape index (κ3) is 5.78. The Balaban J connectivity index is 0.00000158. The van der Waals surface area contributed by atoms with E-state index in [1.807, 2.05) is 18.8 Å². The van der Waals surface area contributed by atoms with Gasteiger partial charge < -0.3 is 14.0 Å². The Hall–Kier alpha value is -3.24. The summed E-state index contributed by atoms with van der Waals surface area (Å²) < 4.78 is 52.2. The molecule has 13 heteroatoms. The Morgan fingerprint density at radius 3 is 2.42 bits per heavy atom. The van der Waals surface area contributed by atoms with Gasteiger partial charge in [-0.1, -0.05) is 30.9 Å². The minimum atomic E-state index is -4.49. The van der Waals surface area contributed by atoms with Crippen molar-refractivity contribution in [2.75, 3.05) is 13.8 Å². The van der Waals surface area contributed by atoms with E-state index in [2.05, 4.69) is 24.2 Å². The van der Waals surface area contributed by atoms with Crippen molar-refractivity contribution in [1.29, 1.82) is 0 Å². The molecule has 3 aromatic heterocycles. The summed E-state index contributed by atoms with van der Waals surface area (Å²) in [7, 11) is 5.53. The fourth-order valence-electron chi connectivity index (χ4n) is 4.44. The number of aryl methyl sites for hydroxylation is 1. The molecule has 1 atom stereocenters. The number of methoxy groups -OCH3 is 1. The van der Waals surface area contributed by atoms with Crippen molar-refractivity contribution in [3.8, 4) is 34.5 Å². The van der Waals surface area contributed by atoms with E-state index >= 15 is 0 Å². The zero-order chi connectivity index (χ0) is 28.4. The fraction of sp³-hybridized carbons (Fsp3) is 0.370. The predicted octanol–water partition coefficient (Wildman–Crippen LogP) is 6.06. The summed E-state index contributed by atoms with van der Waals surface area (Å²) in [5, 5.41) is 0. The Morgan fingerprint density at radius 2 is 1.77 bits per heavy atom. The SMILES string of the molecule is COc1ncnc(C2CC2)c1-c1nc2c(c(OCc3ccc(-c4nc(C(F)(F)F)cn4C)cc3)n1)CSC2.CP. The van der Waals surface area contributed by atoms with Crippen molar-refractivity contribution < 1.29 is 22.6 Å². The number of halogens is 3. The van der Waals surface area contributed by atoms with E-state index in [-0.39, 0.29) is 12.4 Å². The minimum Gasteiger partial charge on any atom is -0.480 e. The highest BCUT2D eigenvalue weighted by molar-refractivity contribution is 7.98. The summed E-state index contributed by atoms with van der Waals surface area (Å²) in [6.45, 7) is 2.15. The molecule has 1 fully saturated rings. The van der Waals surface area contributed by atoms with Crippen LogP contribution in [0.5, 0.6) is 11.8 Å². The molecule has 1 unspecified atom stereocenters. The van der Waals surface area contributed by atoms with Crippen LogP contribution < -0.4 is 9.47 Å². The van der Waals surface area contributed by atoms with Gasteiger partial charge in [0, 0.05) is 41.8 Å². The van der Waals surface area contributed by atoms with Crippen LogP contribution in [0.3, 0.4) is 0 Å². The summed E-state index contributed by atoms with van der Waals surface area (Å²) in [5.41, 5.74) is 4.00. The molecule has 40 heavy (non-hydrogen) atoms. The standard InChI is InChI=1S/C26H23F3N6O2S.CH5P/c1-35-9-19(26(27,28)29)33-23(35)16-5-3-14(4-6-16)10-37-24-17-11-38-12-18(17)32-22(34-24)20-21(15-7-8-15)30-13-31-25(20)36-2;1-2/h3-6,9,13,15H,7-8,10-12H2,1-2H3;2H2,1H3. The van der Waals surface area contributed by atoms with Gasteiger partial charge in [-0.05, 0) is 18.4 Å². The van der Waals surface area contributed by atoms with E-state index in [0.717, 1.165) is 53.1 Å². The first-order valence-electron chi connectivity index (χ1n) is 12.6. The number of hydrogen-bond acceptors (Lipinski definition) is 8. The third-order valence-corrected chi connectivity index (χ3v) is 7.49. The van der Waals surface area contributed by atoms with Crippen molar-refractivity contribution >= 4 is 21.0 Å². The first-order chi connectivity index (χ1) is 19.3. The minimum absolute atomic E-state index is 0.236. The van der Waals surface area contributed by atoms with Crippen LogP contribution in [-0.2, 0) is 31.3 Å². The maximum absolute atomic E-state index is 13.0. The molecular formula is C27H28F3N6O2PS. The van der Waals surface area contributed by atoms with Gasteiger partial charge in [0.1, 0.15) is 24.3 Å². The summed E-state index contributed by atoms with van der Waals surface area (Å²) in [6, 6.07) is 7.10. The summed E-state index contributed by atoms with van der Waals surface area (Å²) >= 11 is 1.75. The molecule has 1 saturated carbocycles. The average molecular weight is 589 g/mol. The number of nitrogens with zero attached hydrogens (tertiary/aromatic N) is 6. The molecule has 4 aromatic rings. The van der Waals surface area contributed by atoms with Gasteiger partial charge in [0.2, 0.25) is 11.8 Å². The lowest BCUT2D eigenvalue weighted by molar-refractivity contribution is -0.140. The molecule has 1 aromatic carbocycles. The van der Waals surface area contributed by atoms with Gasteiger partial charge in [-0.15, -0.1) is 9.24 Å². The van der Waals surface area contributed by atoms with E-state index in [9.17, 15) is 13.2 Å². The van der Waals surface area contributed by atoms with Gasteiger partial charge in [-0.25, -0.2) is 19.9 Å². The van der Waals surface area contributed by atoms with Crippen molar-refractivity contribution in [2.24, 2.45) is 7.05 Å². The van der Waals surface area contributed by atoms with E-state index in [4.69, 9.17) is 19.4 Å². The first kappa shape index (κ1) is 28.3. The Morgan fingerprint density at radius 1 is 1.02 bits per heavy atom. The molecule has 1 aliphatic carbocycles. The zero-order valence-corrected chi connectivity index (χ0v) is 24.2. The van der Waals surface area contributed by atoms with E-state index in [1.54, 1.807) is 38.1 Å². The topological polar surface area (TPSA) is 87.8 Å². The van der Waals surface area contributed by atoms with Crippen molar-refractivity contribution in [3.63, 3.8) is 0 Å². The van der Waals surface area contributed by atoms with Gasteiger partial charge in [0.15, 0.2) is 11.5 Å². The molecule has 4 heterocycles. The number of alkyl halides is 3. The summed E-state index contributed by atoms with van der Waals surface area (Å²) in [6.07, 6.45) is 0.120. The van der Waals surface area contributed by atoms with Crippen LogP contribution in [0, 0.1) is 0 Å². The number of hydrogen-bond donors (Lipinski definition) is 0. The quantitative estimate of drug-likeness (QED) is 0.241. The second-order valence-electron chi connectivity index (χ2n) is 9.23. The van der Waals surface area contributed by atoms with Gasteiger partial charge >= 0.3 is 6.18 Å². The maximum Gasteiger partial charge on any atom is 0.434 e. The highest BCUT2D eigenvalue weighted by Gasteiger charge is 2.35. The van der Waals surface area contributed by atoms with Gasteiger partial charge in [0.25, 0.3) is 0 Å². The van der Waals surface area contributed by atoms with Crippen molar-refractivity contribution in [2.45, 2.75) is 43.0 Å². The summed E-state index contributed by atoms with van der Waals surface area (Å²) in [4.78, 5) is 22.2. The predicted molar refractivity (Wildman–Crippen MR) is 150 cm³/mol. The number of fused-ring (bicyclic) bond motifs is 1. The molecule has 8 nitrogen and oxygen atoms in total. The van der Waals surface area contributed by atoms with E-state index in [1.165, 1.54) is 10.9 Å². The highest BCUT2D eigenvalue weighted by Crippen LogP contribution is 2.46. The number of thioether (sulfide) groups is 1. The normalized spacial score (nSPS) is 14.4. The van der Waals surface area contributed by atoms with Crippen molar-refractivity contribution in [3.05, 3.63) is 65.0 Å². The lowest BCUT2D eigenvalue weighted by atomic mass is 10.1. The molecule has 0 N–H and O–H groups in total. The monoisotopic (exact) mass is 588 g/mol. The van der Waals surface area contributed by atoms with Gasteiger partial charge in [-0.3, -0.25) is 0 Å². The first-order valence-corrected chi connectivity index (χ1v) is 14.9. The molecule has 0 saturated heterocycles. The Bertz CT molecular complexity index is 1510. The second-order valence-corrected chi connectivity index (χ2v) is 10.2. The fourth-order valence-corrected chi connectivity index (χ4v) is 5.47. The molecule has 2 aliphatic rings. The van der Waals surface area contributed by atoms with E-state index < -0.39 is 11.9 Å². The molecule has 0 spiro atoms. The lowest BCUT2D eigenvalue weighted by Crippen LogP contribution is -2.07. The van der Waals surface area contributed by atoms with Crippen LogP contribution >= 0.6 is 21.0 Å². The Labute approximate surface area is 236 Å². The van der Waals surface area contributed by atoms with Crippen molar-refractivity contribution in [1.82, 2.24) is 29.5 Å². The van der Waals surface area contributed by atoms with Crippen LogP contribution in [0.2, 0.25) is 0 Å². The molecular weight excluding hydrogens is 560 g/mol. The molecule has 0 radical (unpaired) electrons. The maximum atomic E-state index is 13.0. The molecule has 1 aliphatic heterocycles. The third-order valence-electron chi connectivity index (χ3n) is 6.52. The van der Waals surface area contributed by atoms with Crippen LogP contribution in [0.4, 0.5) is 13.2 Å². The molecule has 6 rings (SSSR count).